The average Bonchev–Trinajstić information content (AvgIpc) is 1.84. The number of carbonyl (C=O) groups excluding carboxylic acids is 1. The number of nitrogens with one attached hydrogen (secondary N) is 2. The van der Waals surface area contributed by atoms with Crippen molar-refractivity contribution >= 4 is 5.97 Å². The molecule has 0 aliphatic heterocycles. The molecule has 0 saturated heterocycles. The lowest BCUT2D eigenvalue weighted by atomic mass is 10.2. The summed E-state index contributed by atoms with van der Waals surface area (Å²) in [4.78, 5) is 11.0. The highest BCUT2D eigenvalue weighted by atomic mass is 16.6. The molecule has 0 aliphatic rings. The van der Waals surface area contributed by atoms with Crippen LogP contribution in [-0.4, -0.2) is 24.7 Å². The number of ether oxygens (including phenoxy) is 1. The minimum atomic E-state index is -0.398. The number of hydrogen-bond donors (Lipinski definition) is 2. The first-order valence-electron chi connectivity index (χ1n) is 4.13. The number of rotatable bonds is 4. The molecule has 0 aromatic heterocycles. The third kappa shape index (κ3) is 7.50. The Labute approximate surface area is 73.6 Å². The summed E-state index contributed by atoms with van der Waals surface area (Å²) in [5.74, 6) is -0.247. The summed E-state index contributed by atoms with van der Waals surface area (Å²) in [6.45, 7) is 8.46. The quantitative estimate of drug-likeness (QED) is 0.369. The van der Waals surface area contributed by atoms with Crippen LogP contribution in [0.15, 0.2) is 0 Å². The first-order chi connectivity index (χ1) is 5.45. The van der Waals surface area contributed by atoms with E-state index in [1.165, 1.54) is 0 Å². The van der Waals surface area contributed by atoms with Crippen molar-refractivity contribution in [2.45, 2.75) is 33.3 Å². The molecule has 0 atom stereocenters. The lowest BCUT2D eigenvalue weighted by molar-refractivity contribution is -0.153. The fourth-order valence-corrected chi connectivity index (χ4v) is 0.637. The summed E-state index contributed by atoms with van der Waals surface area (Å²) in [5, 5.41) is 0. The van der Waals surface area contributed by atoms with Gasteiger partial charge in [-0.2, -0.15) is 0 Å². The van der Waals surface area contributed by atoms with Crippen molar-refractivity contribution in [1.29, 1.82) is 0 Å². The van der Waals surface area contributed by atoms with E-state index >= 15 is 0 Å². The molecule has 0 bridgehead atoms. The molecule has 4 heteroatoms. The van der Waals surface area contributed by atoms with Crippen LogP contribution in [0.1, 0.15) is 27.7 Å². The Hall–Kier alpha value is -0.610. The minimum Gasteiger partial charge on any atom is -0.459 e. The van der Waals surface area contributed by atoms with Crippen LogP contribution in [0.2, 0.25) is 0 Å². The first-order valence-corrected chi connectivity index (χ1v) is 4.13. The number of esters is 1. The molecule has 0 unspecified atom stereocenters. The van der Waals surface area contributed by atoms with Crippen LogP contribution in [0.5, 0.6) is 0 Å². The maximum Gasteiger partial charge on any atom is 0.321 e. The summed E-state index contributed by atoms with van der Waals surface area (Å²) in [5.41, 5.74) is 5.15. The Morgan fingerprint density at radius 2 is 1.92 bits per heavy atom. The van der Waals surface area contributed by atoms with Crippen LogP contribution in [0.4, 0.5) is 0 Å². The van der Waals surface area contributed by atoms with E-state index in [9.17, 15) is 4.79 Å². The highest BCUT2D eigenvalue weighted by Gasteiger charge is 2.15. The smallest absolute Gasteiger partial charge is 0.321 e. The zero-order chi connectivity index (χ0) is 9.61. The van der Waals surface area contributed by atoms with Gasteiger partial charge in [-0.05, 0) is 20.8 Å². The predicted octanol–water partition coefficient (Wildman–Crippen LogP) is 0.442. The van der Waals surface area contributed by atoms with Gasteiger partial charge in [0.1, 0.15) is 12.1 Å². The Morgan fingerprint density at radius 3 is 2.33 bits per heavy atom. The Morgan fingerprint density at radius 1 is 1.33 bits per heavy atom. The third-order valence-corrected chi connectivity index (χ3v) is 0.955. The second-order valence-corrected chi connectivity index (χ2v) is 3.47. The molecule has 0 rings (SSSR count). The molecule has 12 heavy (non-hydrogen) atoms. The first kappa shape index (κ1) is 11.4. The molecule has 72 valence electrons. The zero-order valence-electron chi connectivity index (χ0n) is 8.23. The van der Waals surface area contributed by atoms with Gasteiger partial charge in [0.25, 0.3) is 0 Å². The van der Waals surface area contributed by atoms with E-state index in [4.69, 9.17) is 4.74 Å². The van der Waals surface area contributed by atoms with Crippen LogP contribution >= 0.6 is 0 Å². The average molecular weight is 174 g/mol. The van der Waals surface area contributed by atoms with Gasteiger partial charge in [0.15, 0.2) is 0 Å². The third-order valence-electron chi connectivity index (χ3n) is 0.955. The van der Waals surface area contributed by atoms with E-state index in [-0.39, 0.29) is 12.5 Å². The molecule has 0 amide bonds. The normalized spacial score (nSPS) is 11.3. The molecule has 0 radical (unpaired) electrons. The van der Waals surface area contributed by atoms with Crippen LogP contribution < -0.4 is 10.9 Å². The Bertz CT molecular complexity index is 140. The summed E-state index contributed by atoms with van der Waals surface area (Å²) in [7, 11) is 0. The second-order valence-electron chi connectivity index (χ2n) is 3.47. The zero-order valence-corrected chi connectivity index (χ0v) is 8.23. The van der Waals surface area contributed by atoms with Crippen LogP contribution in [0, 0.1) is 0 Å². The highest BCUT2D eigenvalue weighted by molar-refractivity contribution is 5.71. The van der Waals surface area contributed by atoms with Gasteiger partial charge in [-0.3, -0.25) is 10.2 Å². The van der Waals surface area contributed by atoms with Gasteiger partial charge < -0.3 is 4.74 Å². The Balaban J connectivity index is 3.47. The molecular weight excluding hydrogens is 156 g/mol. The van der Waals surface area contributed by atoms with E-state index in [0.29, 0.717) is 0 Å². The SMILES string of the molecule is CCNNCC(=O)OC(C)(C)C. The van der Waals surface area contributed by atoms with Gasteiger partial charge in [0.05, 0.1) is 0 Å². The number of hydrazine groups is 1. The van der Waals surface area contributed by atoms with E-state index in [0.717, 1.165) is 6.54 Å². The molecule has 0 fully saturated rings. The minimum absolute atomic E-state index is 0.200. The maximum absolute atomic E-state index is 11.0. The van der Waals surface area contributed by atoms with Crippen molar-refractivity contribution in [1.82, 2.24) is 10.9 Å². The van der Waals surface area contributed by atoms with E-state index < -0.39 is 5.60 Å². The fraction of sp³-hybridized carbons (Fsp3) is 0.875. The molecule has 0 saturated carbocycles. The lowest BCUT2D eigenvalue weighted by Crippen LogP contribution is -2.38. The topological polar surface area (TPSA) is 50.4 Å². The predicted molar refractivity (Wildman–Crippen MR) is 47.5 cm³/mol. The van der Waals surface area contributed by atoms with Crippen LogP contribution in [-0.2, 0) is 9.53 Å². The number of hydrogen-bond acceptors (Lipinski definition) is 4. The molecule has 4 nitrogen and oxygen atoms in total. The van der Waals surface area contributed by atoms with Crippen molar-refractivity contribution in [2.75, 3.05) is 13.1 Å². The molecular formula is C8H18N2O2. The fourth-order valence-electron chi connectivity index (χ4n) is 0.637. The van der Waals surface area contributed by atoms with Crippen molar-refractivity contribution < 1.29 is 9.53 Å². The lowest BCUT2D eigenvalue weighted by Gasteiger charge is -2.19. The van der Waals surface area contributed by atoms with E-state index in [2.05, 4.69) is 10.9 Å². The molecule has 0 spiro atoms. The Kier molecular flexibility index (Phi) is 4.85. The van der Waals surface area contributed by atoms with Gasteiger partial charge in [-0.25, -0.2) is 5.43 Å². The summed E-state index contributed by atoms with van der Waals surface area (Å²) in [6.07, 6.45) is 0. The molecule has 0 aliphatic carbocycles. The van der Waals surface area contributed by atoms with Crippen LogP contribution in [0.25, 0.3) is 0 Å². The van der Waals surface area contributed by atoms with Gasteiger partial charge in [0.2, 0.25) is 0 Å². The molecule has 0 aromatic carbocycles. The standard InChI is InChI=1S/C8H18N2O2/c1-5-9-10-6-7(11)12-8(2,3)4/h9-10H,5-6H2,1-4H3. The second kappa shape index (κ2) is 5.11. The van der Waals surface area contributed by atoms with Crippen molar-refractivity contribution in [3.8, 4) is 0 Å². The summed E-state index contributed by atoms with van der Waals surface area (Å²) < 4.78 is 5.04. The monoisotopic (exact) mass is 174 g/mol. The van der Waals surface area contributed by atoms with Gasteiger partial charge in [-0.1, -0.05) is 6.92 Å². The molecule has 2 N–H and O–H groups in total. The molecule has 0 aromatic rings. The summed E-state index contributed by atoms with van der Waals surface area (Å²) in [6, 6.07) is 0. The number of carbonyl (C=O) groups is 1. The maximum atomic E-state index is 11.0. The van der Waals surface area contributed by atoms with E-state index in [1.807, 2.05) is 27.7 Å². The van der Waals surface area contributed by atoms with E-state index in [1.54, 1.807) is 0 Å². The van der Waals surface area contributed by atoms with Crippen molar-refractivity contribution in [3.05, 3.63) is 0 Å². The van der Waals surface area contributed by atoms with Crippen molar-refractivity contribution in [2.24, 2.45) is 0 Å². The summed E-state index contributed by atoms with van der Waals surface area (Å²) >= 11 is 0. The van der Waals surface area contributed by atoms with Crippen LogP contribution in [0.3, 0.4) is 0 Å². The largest absolute Gasteiger partial charge is 0.459 e. The van der Waals surface area contributed by atoms with Crippen molar-refractivity contribution in [3.63, 3.8) is 0 Å². The van der Waals surface area contributed by atoms with Gasteiger partial charge in [0, 0.05) is 6.54 Å². The van der Waals surface area contributed by atoms with Gasteiger partial charge >= 0.3 is 5.97 Å². The highest BCUT2D eigenvalue weighted by Crippen LogP contribution is 2.05. The van der Waals surface area contributed by atoms with Gasteiger partial charge in [-0.15, -0.1) is 0 Å². The molecule has 0 heterocycles.